The molecule has 1 radical (unpaired) electrons. The molecule has 28 heavy (non-hydrogen) atoms. The highest BCUT2D eigenvalue weighted by atomic mass is 13.8. The largest absolute Gasteiger partial charge is 0.0845 e. The highest BCUT2D eigenvalue weighted by molar-refractivity contribution is 5.23. The summed E-state index contributed by atoms with van der Waals surface area (Å²) in [7, 11) is 0. The summed E-state index contributed by atoms with van der Waals surface area (Å²) < 4.78 is 0. The number of allylic oxidation sites excluding steroid dienone is 23. The summed E-state index contributed by atoms with van der Waals surface area (Å²) in [5.41, 5.74) is 0. The molecule has 0 saturated carbocycles. The molecule has 145 valence electrons. The van der Waals surface area contributed by atoms with Gasteiger partial charge in [0.05, 0.1) is 0 Å². The van der Waals surface area contributed by atoms with Crippen molar-refractivity contribution in [2.24, 2.45) is 0 Å². The van der Waals surface area contributed by atoms with Gasteiger partial charge in [-0.3, -0.25) is 0 Å². The van der Waals surface area contributed by atoms with Crippen LogP contribution in [0.5, 0.6) is 0 Å². The highest BCUT2D eigenvalue weighted by Crippen LogP contribution is 1.95. The molecule has 0 aromatic carbocycles. The SMILES string of the molecule is [CH]=CC=CC=CC=CC=CC=CC=CC=CC=CC=CC=CC=CCCCC. The molecule has 0 heterocycles. The monoisotopic (exact) mass is 369 g/mol. The van der Waals surface area contributed by atoms with Crippen molar-refractivity contribution < 1.29 is 0 Å². The average Bonchev–Trinajstić information content (AvgIpc) is 2.71. The molecule has 0 aliphatic rings. The zero-order valence-electron chi connectivity index (χ0n) is 17.0. The van der Waals surface area contributed by atoms with E-state index in [1.54, 1.807) is 6.08 Å². The molecule has 0 spiro atoms. The molecule has 0 fully saturated rings. The first-order valence-corrected chi connectivity index (χ1v) is 9.78. The Bertz CT molecular complexity index is 678. The van der Waals surface area contributed by atoms with Crippen LogP contribution in [-0.4, -0.2) is 0 Å². The second-order valence-electron chi connectivity index (χ2n) is 5.61. The van der Waals surface area contributed by atoms with E-state index in [0.717, 1.165) is 6.42 Å². The summed E-state index contributed by atoms with van der Waals surface area (Å²) in [6.07, 6.45) is 49.1. The predicted molar refractivity (Wildman–Crippen MR) is 129 cm³/mol. The third-order valence-corrected chi connectivity index (χ3v) is 3.19. The van der Waals surface area contributed by atoms with E-state index in [1.165, 1.54) is 18.9 Å². The number of rotatable bonds is 14. The molecule has 0 amide bonds. The van der Waals surface area contributed by atoms with E-state index in [2.05, 4.69) is 25.2 Å². The Morgan fingerprint density at radius 3 is 1.00 bits per heavy atom. The number of hydrogen-bond donors (Lipinski definition) is 0. The second kappa shape index (κ2) is 23.9. The van der Waals surface area contributed by atoms with E-state index >= 15 is 0 Å². The maximum atomic E-state index is 5.22. The Morgan fingerprint density at radius 2 is 0.714 bits per heavy atom. The van der Waals surface area contributed by atoms with Crippen molar-refractivity contribution in [3.8, 4) is 0 Å². The smallest absolute Gasteiger partial charge is 0.0348 e. The maximum absolute atomic E-state index is 5.22. The molecule has 0 aromatic heterocycles. The first kappa shape index (κ1) is 24.9. The standard InChI is InChI=1S/C28H33/c1-3-5-7-9-11-13-15-17-19-21-23-25-27-28-26-24-22-20-18-16-14-12-10-8-6-4-2/h1,3,5,7,9-28H,4,6,8H2,2H3. The fourth-order valence-corrected chi connectivity index (χ4v) is 1.78. The van der Waals surface area contributed by atoms with Gasteiger partial charge in [-0.2, -0.15) is 0 Å². The summed E-state index contributed by atoms with van der Waals surface area (Å²) in [6.45, 7) is 7.43. The van der Waals surface area contributed by atoms with E-state index in [1.807, 2.05) is 109 Å². The van der Waals surface area contributed by atoms with Gasteiger partial charge >= 0.3 is 0 Å². The van der Waals surface area contributed by atoms with Crippen LogP contribution in [0.4, 0.5) is 0 Å². The van der Waals surface area contributed by atoms with Crippen molar-refractivity contribution in [2.45, 2.75) is 26.2 Å². The first-order chi connectivity index (χ1) is 13.9. The van der Waals surface area contributed by atoms with Crippen molar-refractivity contribution >= 4 is 0 Å². The van der Waals surface area contributed by atoms with E-state index in [4.69, 9.17) is 6.58 Å². The molecule has 0 nitrogen and oxygen atoms in total. The molecule has 0 N–H and O–H groups in total. The summed E-state index contributed by atoms with van der Waals surface area (Å²) in [4.78, 5) is 0. The Balaban J connectivity index is 3.89. The van der Waals surface area contributed by atoms with Crippen molar-refractivity contribution in [1.82, 2.24) is 0 Å². The van der Waals surface area contributed by atoms with Crippen LogP contribution >= 0.6 is 0 Å². The van der Waals surface area contributed by atoms with Crippen molar-refractivity contribution in [2.75, 3.05) is 0 Å². The summed E-state index contributed by atoms with van der Waals surface area (Å²) >= 11 is 0. The Labute approximate surface area is 172 Å². The summed E-state index contributed by atoms with van der Waals surface area (Å²) in [5.74, 6) is 0. The third kappa shape index (κ3) is 22.9. The van der Waals surface area contributed by atoms with Crippen LogP contribution in [0.2, 0.25) is 0 Å². The molecule has 0 bridgehead atoms. The van der Waals surface area contributed by atoms with Gasteiger partial charge in [-0.25, -0.2) is 0 Å². The summed E-state index contributed by atoms with van der Waals surface area (Å²) in [6, 6.07) is 0. The highest BCUT2D eigenvalue weighted by Gasteiger charge is 1.74. The van der Waals surface area contributed by atoms with E-state index < -0.39 is 0 Å². The predicted octanol–water partition coefficient (Wildman–Crippen LogP) is 8.28. The summed E-state index contributed by atoms with van der Waals surface area (Å²) in [5, 5.41) is 0. The molecule has 0 rings (SSSR count). The normalized spacial score (nSPS) is 14.3. The Kier molecular flexibility index (Phi) is 21.2. The van der Waals surface area contributed by atoms with Crippen LogP contribution in [-0.2, 0) is 0 Å². The van der Waals surface area contributed by atoms with Crippen molar-refractivity contribution in [3.63, 3.8) is 0 Å². The topological polar surface area (TPSA) is 0 Å². The van der Waals surface area contributed by atoms with Gasteiger partial charge in [-0.05, 0) is 6.42 Å². The lowest BCUT2D eigenvalue weighted by atomic mass is 10.2. The molecule has 0 atom stereocenters. The zero-order valence-corrected chi connectivity index (χ0v) is 17.0. The van der Waals surface area contributed by atoms with Crippen molar-refractivity contribution in [3.05, 3.63) is 146 Å². The van der Waals surface area contributed by atoms with Gasteiger partial charge in [0.2, 0.25) is 0 Å². The fourth-order valence-electron chi connectivity index (χ4n) is 1.78. The van der Waals surface area contributed by atoms with Crippen LogP contribution in [0.25, 0.3) is 0 Å². The lowest BCUT2D eigenvalue weighted by Crippen LogP contribution is -1.64. The van der Waals surface area contributed by atoms with Crippen molar-refractivity contribution in [1.29, 1.82) is 0 Å². The molecule has 0 saturated heterocycles. The fraction of sp³-hybridized carbons (Fsp3) is 0.143. The minimum Gasteiger partial charge on any atom is -0.0845 e. The molecular formula is C28H33. The van der Waals surface area contributed by atoms with Gasteiger partial charge in [0.25, 0.3) is 0 Å². The quantitative estimate of drug-likeness (QED) is 0.213. The van der Waals surface area contributed by atoms with Gasteiger partial charge < -0.3 is 0 Å². The lowest BCUT2D eigenvalue weighted by Gasteiger charge is -1.84. The van der Waals surface area contributed by atoms with E-state index in [-0.39, 0.29) is 0 Å². The average molecular weight is 370 g/mol. The Hall–Kier alpha value is -3.12. The number of hydrogen-bond acceptors (Lipinski definition) is 0. The first-order valence-electron chi connectivity index (χ1n) is 9.78. The van der Waals surface area contributed by atoms with Crippen LogP contribution < -0.4 is 0 Å². The molecule has 0 aliphatic heterocycles. The third-order valence-electron chi connectivity index (χ3n) is 3.19. The van der Waals surface area contributed by atoms with Crippen LogP contribution in [0.1, 0.15) is 26.2 Å². The molecular weight excluding hydrogens is 336 g/mol. The van der Waals surface area contributed by atoms with Gasteiger partial charge in [0.15, 0.2) is 0 Å². The molecule has 0 heteroatoms. The van der Waals surface area contributed by atoms with Crippen LogP contribution in [0.3, 0.4) is 0 Å². The van der Waals surface area contributed by atoms with Gasteiger partial charge in [0.1, 0.15) is 0 Å². The van der Waals surface area contributed by atoms with Gasteiger partial charge in [0, 0.05) is 0 Å². The molecule has 0 unspecified atom stereocenters. The number of unbranched alkanes of at least 4 members (excludes halogenated alkanes) is 2. The van der Waals surface area contributed by atoms with E-state index in [0.29, 0.717) is 0 Å². The van der Waals surface area contributed by atoms with Crippen LogP contribution in [0.15, 0.2) is 140 Å². The van der Waals surface area contributed by atoms with E-state index in [9.17, 15) is 0 Å². The van der Waals surface area contributed by atoms with Gasteiger partial charge in [-0.1, -0.05) is 166 Å². The second-order valence-corrected chi connectivity index (χ2v) is 5.61. The lowest BCUT2D eigenvalue weighted by molar-refractivity contribution is 0.815. The maximum Gasteiger partial charge on any atom is -0.0348 e. The zero-order chi connectivity index (χ0) is 20.4. The minimum absolute atomic E-state index is 1.16. The molecule has 0 aromatic rings. The van der Waals surface area contributed by atoms with Crippen LogP contribution in [0, 0.1) is 6.58 Å². The Morgan fingerprint density at radius 1 is 0.429 bits per heavy atom. The molecule has 0 aliphatic carbocycles. The van der Waals surface area contributed by atoms with Gasteiger partial charge in [-0.15, -0.1) is 0 Å². The minimum atomic E-state index is 1.16.